The third kappa shape index (κ3) is 3.76. The van der Waals surface area contributed by atoms with Crippen molar-refractivity contribution >= 4 is 12.4 Å². The Morgan fingerprint density at radius 3 is 2.65 bits per heavy atom. The molecule has 5 heteroatoms. The van der Waals surface area contributed by atoms with Crippen molar-refractivity contribution < 1.29 is 4.39 Å². The van der Waals surface area contributed by atoms with Gasteiger partial charge in [0.1, 0.15) is 5.82 Å². The summed E-state index contributed by atoms with van der Waals surface area (Å²) in [5, 5.41) is 8.88. The Bertz CT molecular complexity index is 814. The highest BCUT2D eigenvalue weighted by atomic mass is 19.1. The Labute approximate surface area is 134 Å². The van der Waals surface area contributed by atoms with E-state index in [9.17, 15) is 4.39 Å². The lowest BCUT2D eigenvalue weighted by atomic mass is 10.0. The molecule has 114 valence electrons. The Morgan fingerprint density at radius 1 is 1.39 bits per heavy atom. The van der Waals surface area contributed by atoms with Crippen molar-refractivity contribution in [3.63, 3.8) is 0 Å². The Balaban J connectivity index is 2.57. The van der Waals surface area contributed by atoms with Gasteiger partial charge in [0.2, 0.25) is 0 Å². The molecule has 0 saturated carbocycles. The van der Waals surface area contributed by atoms with Gasteiger partial charge in [0.15, 0.2) is 0 Å². The Kier molecular flexibility index (Phi) is 5.13. The van der Waals surface area contributed by atoms with Gasteiger partial charge in [-0.3, -0.25) is 9.98 Å². The monoisotopic (exact) mass is 306 g/mol. The predicted molar refractivity (Wildman–Crippen MR) is 89.8 cm³/mol. The number of rotatable bonds is 5. The molecular formula is C18H15FN4. The number of nitriles is 1. The highest BCUT2D eigenvalue weighted by molar-refractivity contribution is 5.76. The van der Waals surface area contributed by atoms with Crippen LogP contribution in [-0.4, -0.2) is 11.7 Å². The Hall–Kier alpha value is -3.10. The number of pyridine rings is 1. The SMILES string of the molecule is C=N/C(=C\C(=C)C#N)c1cc(-c2ccc(F)cc2)ncc1CN. The first-order valence-corrected chi connectivity index (χ1v) is 6.81. The molecule has 0 aliphatic heterocycles. The van der Waals surface area contributed by atoms with Gasteiger partial charge in [-0.1, -0.05) is 6.58 Å². The van der Waals surface area contributed by atoms with E-state index >= 15 is 0 Å². The van der Waals surface area contributed by atoms with Crippen LogP contribution in [0.15, 0.2) is 59.7 Å². The van der Waals surface area contributed by atoms with Gasteiger partial charge in [-0.05, 0) is 48.7 Å². The van der Waals surface area contributed by atoms with Crippen molar-refractivity contribution in [1.82, 2.24) is 4.98 Å². The topological polar surface area (TPSA) is 75.1 Å². The van der Waals surface area contributed by atoms with Gasteiger partial charge in [-0.2, -0.15) is 5.26 Å². The average Bonchev–Trinajstić information content (AvgIpc) is 2.59. The molecule has 0 fully saturated rings. The van der Waals surface area contributed by atoms with Crippen LogP contribution >= 0.6 is 0 Å². The van der Waals surface area contributed by atoms with Gasteiger partial charge >= 0.3 is 0 Å². The Morgan fingerprint density at radius 2 is 2.09 bits per heavy atom. The third-order valence-electron chi connectivity index (χ3n) is 3.25. The number of aromatic nitrogens is 1. The number of nitrogens with zero attached hydrogens (tertiary/aromatic N) is 3. The highest BCUT2D eigenvalue weighted by Gasteiger charge is 2.10. The van der Waals surface area contributed by atoms with Crippen LogP contribution in [0.1, 0.15) is 11.1 Å². The van der Waals surface area contributed by atoms with Crippen LogP contribution in [0.25, 0.3) is 17.0 Å². The molecule has 23 heavy (non-hydrogen) atoms. The molecule has 1 heterocycles. The van der Waals surface area contributed by atoms with Crippen molar-refractivity contribution in [2.75, 3.05) is 0 Å². The van der Waals surface area contributed by atoms with E-state index in [0.29, 0.717) is 17.0 Å². The summed E-state index contributed by atoms with van der Waals surface area (Å²) in [6, 6.07) is 9.75. The largest absolute Gasteiger partial charge is 0.326 e. The molecular weight excluding hydrogens is 291 g/mol. The summed E-state index contributed by atoms with van der Waals surface area (Å²) in [7, 11) is 0. The van der Waals surface area contributed by atoms with Crippen LogP contribution in [0.4, 0.5) is 4.39 Å². The fourth-order valence-corrected chi connectivity index (χ4v) is 2.07. The number of aliphatic imine (C=N–C) groups is 1. The molecule has 0 aliphatic carbocycles. The maximum atomic E-state index is 13.1. The van der Waals surface area contributed by atoms with E-state index in [1.165, 1.54) is 18.2 Å². The molecule has 0 amide bonds. The minimum Gasteiger partial charge on any atom is -0.326 e. The van der Waals surface area contributed by atoms with Crippen molar-refractivity contribution in [2.45, 2.75) is 6.54 Å². The van der Waals surface area contributed by atoms with Crippen molar-refractivity contribution in [2.24, 2.45) is 10.7 Å². The number of halogens is 1. The lowest BCUT2D eigenvalue weighted by Crippen LogP contribution is -2.03. The minimum atomic E-state index is -0.314. The van der Waals surface area contributed by atoms with E-state index in [1.54, 1.807) is 24.4 Å². The summed E-state index contributed by atoms with van der Waals surface area (Å²) in [6.45, 7) is 7.41. The third-order valence-corrected chi connectivity index (χ3v) is 3.25. The lowest BCUT2D eigenvalue weighted by molar-refractivity contribution is 0.628. The molecule has 4 nitrogen and oxygen atoms in total. The number of allylic oxidation sites excluding steroid dienone is 2. The van der Waals surface area contributed by atoms with Crippen molar-refractivity contribution in [3.8, 4) is 17.3 Å². The zero-order valence-electron chi connectivity index (χ0n) is 12.5. The van der Waals surface area contributed by atoms with E-state index in [4.69, 9.17) is 11.0 Å². The van der Waals surface area contributed by atoms with E-state index < -0.39 is 0 Å². The number of hydrogen-bond acceptors (Lipinski definition) is 4. The minimum absolute atomic E-state index is 0.260. The molecule has 0 radical (unpaired) electrons. The number of nitrogens with two attached hydrogens (primary N) is 1. The zero-order chi connectivity index (χ0) is 16.8. The van der Waals surface area contributed by atoms with Crippen LogP contribution in [0, 0.1) is 17.1 Å². The number of benzene rings is 1. The molecule has 0 unspecified atom stereocenters. The summed E-state index contributed by atoms with van der Waals surface area (Å²) in [4.78, 5) is 8.31. The first kappa shape index (κ1) is 16.3. The molecule has 2 rings (SSSR count). The standard InChI is InChI=1S/C18H15FN4/c1-12(9-20)7-18(22-2)16-8-17(23-11-14(16)10-21)13-3-5-15(19)6-4-13/h3-8,11H,1-2,10,21H2/b18-7-. The molecule has 0 bridgehead atoms. The van der Waals surface area contributed by atoms with E-state index in [1.807, 2.05) is 6.07 Å². The van der Waals surface area contributed by atoms with Crippen molar-refractivity contribution in [3.05, 3.63) is 71.7 Å². The average molecular weight is 306 g/mol. The smallest absolute Gasteiger partial charge is 0.123 e. The molecule has 0 spiro atoms. The van der Waals surface area contributed by atoms with Crippen LogP contribution in [0.2, 0.25) is 0 Å². The van der Waals surface area contributed by atoms with Gasteiger partial charge in [0, 0.05) is 29.4 Å². The van der Waals surface area contributed by atoms with Gasteiger partial charge in [0.25, 0.3) is 0 Å². The quantitative estimate of drug-likeness (QED) is 0.522. The lowest BCUT2D eigenvalue weighted by Gasteiger charge is -2.10. The molecule has 0 saturated heterocycles. The van der Waals surface area contributed by atoms with Crippen LogP contribution in [-0.2, 0) is 6.54 Å². The molecule has 0 atom stereocenters. The summed E-state index contributed by atoms with van der Waals surface area (Å²) in [6.07, 6.45) is 3.18. The predicted octanol–water partition coefficient (Wildman–Crippen LogP) is 3.47. The summed E-state index contributed by atoms with van der Waals surface area (Å²) in [5.41, 5.74) is 9.39. The maximum Gasteiger partial charge on any atom is 0.123 e. The highest BCUT2D eigenvalue weighted by Crippen LogP contribution is 2.26. The second-order valence-corrected chi connectivity index (χ2v) is 4.76. The summed E-state index contributed by atoms with van der Waals surface area (Å²) >= 11 is 0. The van der Waals surface area contributed by atoms with Gasteiger partial charge in [-0.25, -0.2) is 4.39 Å². The maximum absolute atomic E-state index is 13.1. The first-order valence-electron chi connectivity index (χ1n) is 6.81. The second-order valence-electron chi connectivity index (χ2n) is 4.76. The van der Waals surface area contributed by atoms with Crippen LogP contribution < -0.4 is 5.73 Å². The molecule has 0 aliphatic rings. The summed E-state index contributed by atoms with van der Waals surface area (Å²) < 4.78 is 13.1. The van der Waals surface area contributed by atoms with E-state index in [0.717, 1.165) is 11.1 Å². The van der Waals surface area contributed by atoms with Crippen LogP contribution in [0.5, 0.6) is 0 Å². The van der Waals surface area contributed by atoms with Crippen molar-refractivity contribution in [1.29, 1.82) is 5.26 Å². The molecule has 1 aromatic heterocycles. The zero-order valence-corrected chi connectivity index (χ0v) is 12.5. The fraction of sp³-hybridized carbons (Fsp3) is 0.0556. The van der Waals surface area contributed by atoms with Crippen LogP contribution in [0.3, 0.4) is 0 Å². The molecule has 2 N–H and O–H groups in total. The molecule has 1 aromatic carbocycles. The van der Waals surface area contributed by atoms with Gasteiger partial charge < -0.3 is 5.73 Å². The second kappa shape index (κ2) is 7.25. The molecule has 2 aromatic rings. The van der Waals surface area contributed by atoms with E-state index in [2.05, 4.69) is 23.3 Å². The van der Waals surface area contributed by atoms with Gasteiger partial charge in [0.05, 0.1) is 17.5 Å². The fourth-order valence-electron chi connectivity index (χ4n) is 2.07. The van der Waals surface area contributed by atoms with E-state index in [-0.39, 0.29) is 17.9 Å². The first-order chi connectivity index (χ1) is 11.1. The normalized spacial score (nSPS) is 10.9. The summed E-state index contributed by atoms with van der Waals surface area (Å²) in [5.74, 6) is -0.314. The van der Waals surface area contributed by atoms with Gasteiger partial charge in [-0.15, -0.1) is 0 Å². The number of hydrogen-bond donors (Lipinski definition) is 1.